The minimum atomic E-state index is -1.33. The lowest BCUT2D eigenvalue weighted by atomic mass is 9.93. The molecule has 0 aliphatic carbocycles. The van der Waals surface area contributed by atoms with E-state index in [1.807, 2.05) is 31.1 Å². The molecule has 0 aromatic heterocycles. The third-order valence-electron chi connectivity index (χ3n) is 2.43. The maximum Gasteiger partial charge on any atom is 0.328 e. The summed E-state index contributed by atoms with van der Waals surface area (Å²) in [6.45, 7) is 1.49. The Morgan fingerprint density at radius 2 is 1.80 bits per heavy atom. The number of hydrogen-bond acceptors (Lipinski definition) is 3. The van der Waals surface area contributed by atoms with Crippen LogP contribution in [0.1, 0.15) is 12.5 Å². The van der Waals surface area contributed by atoms with Gasteiger partial charge in [-0.3, -0.25) is 0 Å². The number of carbonyl (C=O) groups is 1. The topological polar surface area (TPSA) is 66.6 Å². The van der Waals surface area contributed by atoms with Gasteiger partial charge in [-0.2, -0.15) is 0 Å². The first-order valence-electron chi connectivity index (χ1n) is 4.66. The number of carboxylic acids is 1. The van der Waals surface area contributed by atoms with Gasteiger partial charge in [0.05, 0.1) is 0 Å². The molecule has 3 N–H and O–H groups in total. The molecular weight excluding hydrogens is 192 g/mol. The van der Waals surface area contributed by atoms with Crippen LogP contribution in [-0.2, 0) is 10.3 Å². The van der Waals surface area contributed by atoms with Crippen molar-refractivity contribution in [3.05, 3.63) is 29.8 Å². The highest BCUT2D eigenvalue weighted by molar-refractivity contribution is 5.80. The smallest absolute Gasteiger partial charge is 0.328 e. The summed E-state index contributed by atoms with van der Waals surface area (Å²) in [7, 11) is 3.85. The molecule has 0 amide bonds. The summed E-state index contributed by atoms with van der Waals surface area (Å²) >= 11 is 0. The lowest BCUT2D eigenvalue weighted by molar-refractivity contribution is -0.143. The fraction of sp³-hybridized carbons (Fsp3) is 0.364. The van der Waals surface area contributed by atoms with Crippen LogP contribution in [-0.4, -0.2) is 25.2 Å². The Morgan fingerprint density at radius 1 is 1.33 bits per heavy atom. The molecule has 0 radical (unpaired) electrons. The lowest BCUT2D eigenvalue weighted by Crippen LogP contribution is -2.41. The molecule has 1 aromatic carbocycles. The summed E-state index contributed by atoms with van der Waals surface area (Å²) in [4.78, 5) is 12.8. The molecule has 0 fully saturated rings. The molecule has 1 unspecified atom stereocenters. The van der Waals surface area contributed by atoms with Gasteiger partial charge in [0.25, 0.3) is 0 Å². The van der Waals surface area contributed by atoms with Crippen molar-refractivity contribution in [3.63, 3.8) is 0 Å². The van der Waals surface area contributed by atoms with E-state index in [0.29, 0.717) is 5.56 Å². The van der Waals surface area contributed by atoms with Crippen LogP contribution in [0.15, 0.2) is 24.3 Å². The summed E-state index contributed by atoms with van der Waals surface area (Å²) in [6.07, 6.45) is 0. The average molecular weight is 208 g/mol. The lowest BCUT2D eigenvalue weighted by Gasteiger charge is -2.21. The van der Waals surface area contributed by atoms with Gasteiger partial charge < -0.3 is 15.7 Å². The fourth-order valence-corrected chi connectivity index (χ4v) is 1.23. The Hall–Kier alpha value is -1.55. The van der Waals surface area contributed by atoms with Crippen molar-refractivity contribution >= 4 is 11.7 Å². The van der Waals surface area contributed by atoms with Gasteiger partial charge in [0, 0.05) is 19.8 Å². The number of nitrogens with zero attached hydrogens (tertiary/aromatic N) is 1. The van der Waals surface area contributed by atoms with Crippen molar-refractivity contribution in [1.82, 2.24) is 0 Å². The van der Waals surface area contributed by atoms with Crippen molar-refractivity contribution in [3.8, 4) is 0 Å². The average Bonchev–Trinajstić information content (AvgIpc) is 2.17. The summed E-state index contributed by atoms with van der Waals surface area (Å²) < 4.78 is 0. The SMILES string of the molecule is CN(C)c1ccc(C(C)(N)C(=O)O)cc1. The van der Waals surface area contributed by atoms with Crippen LogP contribution in [0.3, 0.4) is 0 Å². The van der Waals surface area contributed by atoms with E-state index in [-0.39, 0.29) is 0 Å². The van der Waals surface area contributed by atoms with Crippen LogP contribution in [0.25, 0.3) is 0 Å². The standard InChI is InChI=1S/C11H16N2O2/c1-11(12,10(14)15)8-4-6-9(7-5-8)13(2)3/h4-7H,12H2,1-3H3,(H,14,15). The summed E-state index contributed by atoms with van der Waals surface area (Å²) in [5.41, 5.74) is 5.98. The Kier molecular flexibility index (Phi) is 3.00. The molecule has 4 nitrogen and oxygen atoms in total. The van der Waals surface area contributed by atoms with Crippen LogP contribution in [0, 0.1) is 0 Å². The van der Waals surface area contributed by atoms with Gasteiger partial charge in [-0.05, 0) is 24.6 Å². The van der Waals surface area contributed by atoms with Gasteiger partial charge in [0.15, 0.2) is 0 Å². The number of benzene rings is 1. The number of rotatable bonds is 3. The molecule has 0 aliphatic rings. The zero-order valence-electron chi connectivity index (χ0n) is 9.19. The van der Waals surface area contributed by atoms with E-state index in [1.54, 1.807) is 12.1 Å². The van der Waals surface area contributed by atoms with Gasteiger partial charge in [0.2, 0.25) is 0 Å². The predicted molar refractivity (Wildman–Crippen MR) is 59.9 cm³/mol. The van der Waals surface area contributed by atoms with Gasteiger partial charge in [0.1, 0.15) is 5.54 Å². The number of hydrogen-bond donors (Lipinski definition) is 2. The maximum atomic E-state index is 10.9. The zero-order chi connectivity index (χ0) is 11.6. The fourth-order valence-electron chi connectivity index (χ4n) is 1.23. The molecule has 0 bridgehead atoms. The zero-order valence-corrected chi connectivity index (χ0v) is 9.19. The number of nitrogens with two attached hydrogens (primary N) is 1. The molecule has 82 valence electrons. The van der Waals surface area contributed by atoms with E-state index in [1.165, 1.54) is 6.92 Å². The minimum Gasteiger partial charge on any atom is -0.480 e. The first-order valence-corrected chi connectivity index (χ1v) is 4.66. The normalized spacial score (nSPS) is 14.4. The number of anilines is 1. The quantitative estimate of drug-likeness (QED) is 0.778. The second-order valence-electron chi connectivity index (χ2n) is 3.95. The molecule has 0 saturated heterocycles. The maximum absolute atomic E-state index is 10.9. The molecule has 0 spiro atoms. The molecule has 15 heavy (non-hydrogen) atoms. The number of carboxylic acid groups (broad SMARTS) is 1. The Morgan fingerprint density at radius 3 is 2.13 bits per heavy atom. The van der Waals surface area contributed by atoms with E-state index in [2.05, 4.69) is 0 Å². The first kappa shape index (κ1) is 11.5. The van der Waals surface area contributed by atoms with Crippen molar-refractivity contribution < 1.29 is 9.90 Å². The Balaban J connectivity index is 3.04. The van der Waals surface area contributed by atoms with Crippen molar-refractivity contribution in [2.45, 2.75) is 12.5 Å². The third-order valence-corrected chi connectivity index (χ3v) is 2.43. The molecule has 0 heterocycles. The van der Waals surface area contributed by atoms with Crippen LogP contribution in [0.5, 0.6) is 0 Å². The van der Waals surface area contributed by atoms with Crippen molar-refractivity contribution in [2.75, 3.05) is 19.0 Å². The molecular formula is C11H16N2O2. The summed E-state index contributed by atoms with van der Waals surface area (Å²) in [5.74, 6) is -1.03. The molecule has 1 atom stereocenters. The van der Waals surface area contributed by atoms with E-state index < -0.39 is 11.5 Å². The summed E-state index contributed by atoms with van der Waals surface area (Å²) in [6, 6.07) is 7.18. The Labute approximate surface area is 89.3 Å². The third kappa shape index (κ3) is 2.27. The molecule has 1 rings (SSSR count). The second-order valence-corrected chi connectivity index (χ2v) is 3.95. The highest BCUT2D eigenvalue weighted by Crippen LogP contribution is 2.21. The van der Waals surface area contributed by atoms with E-state index in [4.69, 9.17) is 10.8 Å². The second kappa shape index (κ2) is 3.90. The highest BCUT2D eigenvalue weighted by Gasteiger charge is 2.29. The van der Waals surface area contributed by atoms with E-state index >= 15 is 0 Å². The predicted octanol–water partition coefficient (Wildman–Crippen LogP) is 1.01. The van der Waals surface area contributed by atoms with Crippen LogP contribution in [0.2, 0.25) is 0 Å². The summed E-state index contributed by atoms with van der Waals surface area (Å²) in [5, 5.41) is 8.94. The van der Waals surface area contributed by atoms with Crippen LogP contribution >= 0.6 is 0 Å². The number of aliphatic carboxylic acids is 1. The Bertz CT molecular complexity index is 355. The minimum absolute atomic E-state index is 0.598. The molecule has 1 aromatic rings. The van der Waals surface area contributed by atoms with Crippen molar-refractivity contribution in [1.29, 1.82) is 0 Å². The van der Waals surface area contributed by atoms with Crippen LogP contribution in [0.4, 0.5) is 5.69 Å². The van der Waals surface area contributed by atoms with Gasteiger partial charge in [-0.15, -0.1) is 0 Å². The molecule has 0 aliphatic heterocycles. The first-order chi connectivity index (χ1) is 6.85. The van der Waals surface area contributed by atoms with Gasteiger partial charge >= 0.3 is 5.97 Å². The van der Waals surface area contributed by atoms with Gasteiger partial charge in [-0.25, -0.2) is 4.79 Å². The van der Waals surface area contributed by atoms with Gasteiger partial charge in [-0.1, -0.05) is 12.1 Å². The highest BCUT2D eigenvalue weighted by atomic mass is 16.4. The van der Waals surface area contributed by atoms with E-state index in [0.717, 1.165) is 5.69 Å². The molecule has 4 heteroatoms. The van der Waals surface area contributed by atoms with E-state index in [9.17, 15) is 4.79 Å². The largest absolute Gasteiger partial charge is 0.480 e. The van der Waals surface area contributed by atoms with Crippen LogP contribution < -0.4 is 10.6 Å². The molecule has 0 saturated carbocycles. The van der Waals surface area contributed by atoms with Crippen molar-refractivity contribution in [2.24, 2.45) is 5.73 Å². The monoisotopic (exact) mass is 208 g/mol.